The van der Waals surface area contributed by atoms with Crippen LogP contribution in [0.3, 0.4) is 0 Å². The van der Waals surface area contributed by atoms with Gasteiger partial charge in [0.15, 0.2) is 6.61 Å². The summed E-state index contributed by atoms with van der Waals surface area (Å²) in [6.45, 7) is 3.01. The maximum Gasteiger partial charge on any atom is 0.325 e. The third kappa shape index (κ3) is 5.23. The van der Waals surface area contributed by atoms with Gasteiger partial charge >= 0.3 is 5.97 Å². The highest BCUT2D eigenvalue weighted by Gasteiger charge is 2.21. The van der Waals surface area contributed by atoms with Crippen molar-refractivity contribution in [3.8, 4) is 6.07 Å². The average molecular weight is 434 g/mol. The molecule has 3 aromatic rings. The number of benzene rings is 1. The molecule has 32 heavy (non-hydrogen) atoms. The molecule has 0 saturated heterocycles. The number of anilines is 1. The van der Waals surface area contributed by atoms with Gasteiger partial charge < -0.3 is 24.4 Å². The van der Waals surface area contributed by atoms with Crippen LogP contribution in [0.25, 0.3) is 0 Å². The molecule has 9 heteroatoms. The van der Waals surface area contributed by atoms with Gasteiger partial charge in [-0.2, -0.15) is 5.26 Å². The first-order valence-electron chi connectivity index (χ1n) is 9.81. The summed E-state index contributed by atoms with van der Waals surface area (Å²) in [4.78, 5) is 36.3. The van der Waals surface area contributed by atoms with Crippen LogP contribution in [0.4, 0.5) is 5.82 Å². The van der Waals surface area contributed by atoms with E-state index in [9.17, 15) is 19.6 Å². The van der Waals surface area contributed by atoms with Crippen molar-refractivity contribution in [1.29, 1.82) is 5.26 Å². The molecule has 0 fully saturated rings. The summed E-state index contributed by atoms with van der Waals surface area (Å²) in [5, 5.41) is 14.6. The van der Waals surface area contributed by atoms with Crippen LogP contribution in [-0.4, -0.2) is 35.5 Å². The van der Waals surface area contributed by atoms with Gasteiger partial charge in [0.1, 0.15) is 24.2 Å². The molecule has 0 unspecified atom stereocenters. The summed E-state index contributed by atoms with van der Waals surface area (Å²) in [5.41, 5.74) is 2.26. The van der Waals surface area contributed by atoms with E-state index in [4.69, 9.17) is 9.15 Å². The molecule has 2 heterocycles. The summed E-state index contributed by atoms with van der Waals surface area (Å²) in [7, 11) is 0. The van der Waals surface area contributed by atoms with E-state index in [1.807, 2.05) is 6.92 Å². The van der Waals surface area contributed by atoms with Gasteiger partial charge in [-0.3, -0.25) is 14.4 Å². The maximum atomic E-state index is 12.4. The molecule has 0 bridgehead atoms. The lowest BCUT2D eigenvalue weighted by molar-refractivity contribution is -0.146. The number of hydrogen-bond acceptors (Lipinski definition) is 6. The fraction of sp³-hybridized carbons (Fsp3) is 0.217. The molecule has 0 aliphatic carbocycles. The van der Waals surface area contributed by atoms with Crippen molar-refractivity contribution < 1.29 is 23.5 Å². The fourth-order valence-corrected chi connectivity index (χ4v) is 3.10. The molecule has 164 valence electrons. The Morgan fingerprint density at radius 2 is 1.88 bits per heavy atom. The highest BCUT2D eigenvalue weighted by molar-refractivity contribution is 5.96. The molecular weight excluding hydrogens is 412 g/mol. The number of amides is 2. The number of rotatable bonds is 8. The Morgan fingerprint density at radius 3 is 2.53 bits per heavy atom. The molecule has 0 aliphatic rings. The summed E-state index contributed by atoms with van der Waals surface area (Å²) >= 11 is 0. The van der Waals surface area contributed by atoms with Crippen LogP contribution in [0.15, 0.2) is 53.1 Å². The number of aromatic nitrogens is 1. The van der Waals surface area contributed by atoms with Crippen LogP contribution >= 0.6 is 0 Å². The normalized spacial score (nSPS) is 10.3. The van der Waals surface area contributed by atoms with Crippen LogP contribution in [0, 0.1) is 25.2 Å². The molecule has 2 aromatic heterocycles. The summed E-state index contributed by atoms with van der Waals surface area (Å²) in [6.07, 6.45) is 1.54. The number of furan rings is 1. The van der Waals surface area contributed by atoms with Crippen LogP contribution in [0.1, 0.15) is 32.9 Å². The molecule has 0 spiro atoms. The van der Waals surface area contributed by atoms with Crippen molar-refractivity contribution in [2.45, 2.75) is 20.4 Å². The number of nitrogens with zero attached hydrogens (tertiary/aromatic N) is 2. The Labute approximate surface area is 184 Å². The minimum absolute atomic E-state index is 0.303. The first kappa shape index (κ1) is 22.4. The molecule has 0 radical (unpaired) electrons. The van der Waals surface area contributed by atoms with E-state index < -0.39 is 24.4 Å². The summed E-state index contributed by atoms with van der Waals surface area (Å²) in [6, 6.07) is 14.1. The molecule has 0 aliphatic heterocycles. The largest absolute Gasteiger partial charge is 0.467 e. The van der Waals surface area contributed by atoms with E-state index in [0.717, 1.165) is 11.3 Å². The minimum atomic E-state index is -0.761. The van der Waals surface area contributed by atoms with Gasteiger partial charge in [0.25, 0.3) is 11.8 Å². The topological polar surface area (TPSA) is 126 Å². The third-order valence-electron chi connectivity index (χ3n) is 4.89. The van der Waals surface area contributed by atoms with Gasteiger partial charge in [-0.15, -0.1) is 0 Å². The molecule has 2 amide bonds. The monoisotopic (exact) mass is 434 g/mol. The second-order valence-corrected chi connectivity index (χ2v) is 6.97. The van der Waals surface area contributed by atoms with Gasteiger partial charge in [0.2, 0.25) is 0 Å². The highest BCUT2D eigenvalue weighted by atomic mass is 16.5. The van der Waals surface area contributed by atoms with E-state index in [1.165, 1.54) is 0 Å². The molecule has 3 rings (SSSR count). The Hall–Kier alpha value is -4.32. The summed E-state index contributed by atoms with van der Waals surface area (Å²) < 4.78 is 12.1. The Balaban J connectivity index is 1.58. The molecule has 2 N–H and O–H groups in total. The van der Waals surface area contributed by atoms with Gasteiger partial charge in [0.05, 0.1) is 18.4 Å². The number of carbonyl (C=O) groups excluding carboxylic acids is 3. The fourth-order valence-electron chi connectivity index (χ4n) is 3.10. The van der Waals surface area contributed by atoms with Crippen molar-refractivity contribution in [2.75, 3.05) is 18.5 Å². The van der Waals surface area contributed by atoms with Crippen molar-refractivity contribution in [3.63, 3.8) is 0 Å². The van der Waals surface area contributed by atoms with Crippen LogP contribution in [-0.2, 0) is 20.9 Å². The van der Waals surface area contributed by atoms with E-state index in [0.29, 0.717) is 29.2 Å². The second-order valence-electron chi connectivity index (χ2n) is 6.97. The van der Waals surface area contributed by atoms with Gasteiger partial charge in [0, 0.05) is 11.3 Å². The third-order valence-corrected chi connectivity index (χ3v) is 4.89. The lowest BCUT2D eigenvalue weighted by Gasteiger charge is -2.12. The van der Waals surface area contributed by atoms with Gasteiger partial charge in [-0.1, -0.05) is 18.2 Å². The van der Waals surface area contributed by atoms with Crippen LogP contribution in [0.5, 0.6) is 0 Å². The van der Waals surface area contributed by atoms with E-state index in [1.54, 1.807) is 60.2 Å². The Kier molecular flexibility index (Phi) is 7.08. The number of carbonyl (C=O) groups is 3. The summed E-state index contributed by atoms with van der Waals surface area (Å²) in [5.74, 6) is -0.834. The molecule has 9 nitrogen and oxygen atoms in total. The molecule has 0 saturated carbocycles. The smallest absolute Gasteiger partial charge is 0.325 e. The average Bonchev–Trinajstić information content (AvgIpc) is 3.39. The molecule has 0 atom stereocenters. The molecular formula is C23H22N4O5. The number of nitriles is 1. The van der Waals surface area contributed by atoms with Gasteiger partial charge in [-0.05, 0) is 43.7 Å². The van der Waals surface area contributed by atoms with E-state index >= 15 is 0 Å². The molecule has 1 aromatic carbocycles. The SMILES string of the molecule is Cc1c(C#N)c(NC(=O)COC(=O)CNC(=O)c2ccccc2)n(Cc2ccco2)c1C. The van der Waals surface area contributed by atoms with Gasteiger partial charge in [-0.25, -0.2) is 0 Å². The number of esters is 1. The van der Waals surface area contributed by atoms with Crippen molar-refractivity contribution in [3.05, 3.63) is 76.9 Å². The zero-order valence-corrected chi connectivity index (χ0v) is 17.7. The predicted octanol–water partition coefficient (Wildman–Crippen LogP) is 2.53. The lowest BCUT2D eigenvalue weighted by atomic mass is 10.2. The Bertz CT molecular complexity index is 1160. The lowest BCUT2D eigenvalue weighted by Crippen LogP contribution is -2.32. The predicted molar refractivity (Wildman–Crippen MR) is 115 cm³/mol. The standard InChI is InChI=1S/C23H22N4O5/c1-15-16(2)27(13-18-9-6-10-31-18)22(19(15)11-24)26-20(28)14-32-21(29)12-25-23(30)17-7-4-3-5-8-17/h3-10H,12-14H2,1-2H3,(H,25,30)(H,26,28). The zero-order valence-electron chi connectivity index (χ0n) is 17.7. The number of hydrogen-bond donors (Lipinski definition) is 2. The Morgan fingerprint density at radius 1 is 1.12 bits per heavy atom. The number of nitrogens with one attached hydrogen (secondary N) is 2. The van der Waals surface area contributed by atoms with Crippen molar-refractivity contribution >= 4 is 23.6 Å². The quantitative estimate of drug-likeness (QED) is 0.525. The maximum absolute atomic E-state index is 12.4. The van der Waals surface area contributed by atoms with E-state index in [-0.39, 0.29) is 6.54 Å². The minimum Gasteiger partial charge on any atom is -0.467 e. The zero-order chi connectivity index (χ0) is 23.1. The van der Waals surface area contributed by atoms with Crippen LogP contribution in [0.2, 0.25) is 0 Å². The highest BCUT2D eigenvalue weighted by Crippen LogP contribution is 2.27. The van der Waals surface area contributed by atoms with E-state index in [2.05, 4.69) is 16.7 Å². The van der Waals surface area contributed by atoms with Crippen molar-refractivity contribution in [2.24, 2.45) is 0 Å². The number of ether oxygens (including phenoxy) is 1. The van der Waals surface area contributed by atoms with Crippen molar-refractivity contribution in [1.82, 2.24) is 9.88 Å². The van der Waals surface area contributed by atoms with Crippen LogP contribution < -0.4 is 10.6 Å². The second kappa shape index (κ2) is 10.1. The first-order chi connectivity index (χ1) is 15.4. The first-order valence-corrected chi connectivity index (χ1v) is 9.81.